The lowest BCUT2D eigenvalue weighted by Gasteiger charge is -2.23. The lowest BCUT2D eigenvalue weighted by Crippen LogP contribution is -2.33. The quantitative estimate of drug-likeness (QED) is 0.684. The molecule has 5 nitrogen and oxygen atoms in total. The SMILES string of the molecule is COCCN(Cc1ccccc1Cl)C(=O)c1ccc(-c2ccn[nH]2)cc1. The number of ether oxygens (including phenoxy) is 1. The zero-order valence-electron chi connectivity index (χ0n) is 14.5. The zero-order chi connectivity index (χ0) is 18.4. The van der Waals surface area contributed by atoms with Crippen LogP contribution in [0.1, 0.15) is 15.9 Å². The summed E-state index contributed by atoms with van der Waals surface area (Å²) in [4.78, 5) is 14.7. The number of rotatable bonds is 7. The topological polar surface area (TPSA) is 58.2 Å². The molecule has 0 radical (unpaired) electrons. The van der Waals surface area contributed by atoms with Crippen molar-refractivity contribution >= 4 is 17.5 Å². The van der Waals surface area contributed by atoms with Gasteiger partial charge in [-0.3, -0.25) is 9.89 Å². The summed E-state index contributed by atoms with van der Waals surface area (Å²) in [6.07, 6.45) is 1.70. The van der Waals surface area contributed by atoms with Crippen molar-refractivity contribution in [2.75, 3.05) is 20.3 Å². The smallest absolute Gasteiger partial charge is 0.254 e. The van der Waals surface area contributed by atoms with E-state index in [9.17, 15) is 4.79 Å². The van der Waals surface area contributed by atoms with E-state index in [-0.39, 0.29) is 5.91 Å². The van der Waals surface area contributed by atoms with E-state index in [0.29, 0.717) is 30.3 Å². The average molecular weight is 370 g/mol. The van der Waals surface area contributed by atoms with Gasteiger partial charge in [-0.25, -0.2) is 0 Å². The lowest BCUT2D eigenvalue weighted by atomic mass is 10.1. The van der Waals surface area contributed by atoms with Gasteiger partial charge in [-0.05, 0) is 35.4 Å². The van der Waals surface area contributed by atoms with Gasteiger partial charge >= 0.3 is 0 Å². The number of nitrogens with zero attached hydrogens (tertiary/aromatic N) is 2. The van der Waals surface area contributed by atoms with Crippen LogP contribution >= 0.6 is 11.6 Å². The summed E-state index contributed by atoms with van der Waals surface area (Å²) in [5.41, 5.74) is 3.43. The Morgan fingerprint density at radius 1 is 1.15 bits per heavy atom. The van der Waals surface area contributed by atoms with Crippen molar-refractivity contribution in [1.29, 1.82) is 0 Å². The van der Waals surface area contributed by atoms with E-state index < -0.39 is 0 Å². The Hall–Kier alpha value is -2.63. The predicted molar refractivity (Wildman–Crippen MR) is 102 cm³/mol. The fourth-order valence-corrected chi connectivity index (χ4v) is 2.87. The highest BCUT2D eigenvalue weighted by Gasteiger charge is 2.17. The summed E-state index contributed by atoms with van der Waals surface area (Å²) in [6.45, 7) is 1.38. The van der Waals surface area contributed by atoms with Crippen LogP contribution in [-0.4, -0.2) is 41.3 Å². The van der Waals surface area contributed by atoms with Gasteiger partial charge in [-0.1, -0.05) is 41.9 Å². The summed E-state index contributed by atoms with van der Waals surface area (Å²) in [5.74, 6) is -0.0573. The highest BCUT2D eigenvalue weighted by Crippen LogP contribution is 2.20. The molecule has 0 bridgehead atoms. The average Bonchev–Trinajstić information content (AvgIpc) is 3.21. The first kappa shape index (κ1) is 18.2. The minimum Gasteiger partial charge on any atom is -0.383 e. The number of methoxy groups -OCH3 is 1. The number of hydrogen-bond acceptors (Lipinski definition) is 3. The molecule has 134 valence electrons. The molecule has 6 heteroatoms. The number of carbonyl (C=O) groups excluding carboxylic acids is 1. The number of H-pyrrole nitrogens is 1. The maximum Gasteiger partial charge on any atom is 0.254 e. The van der Waals surface area contributed by atoms with Gasteiger partial charge in [0.1, 0.15) is 0 Å². The Morgan fingerprint density at radius 3 is 2.58 bits per heavy atom. The first-order valence-electron chi connectivity index (χ1n) is 8.30. The maximum absolute atomic E-state index is 13.0. The summed E-state index contributed by atoms with van der Waals surface area (Å²) >= 11 is 6.25. The van der Waals surface area contributed by atoms with Gasteiger partial charge in [-0.15, -0.1) is 0 Å². The van der Waals surface area contributed by atoms with Crippen LogP contribution in [0.5, 0.6) is 0 Å². The van der Waals surface area contributed by atoms with Crippen molar-refractivity contribution in [3.63, 3.8) is 0 Å². The van der Waals surface area contributed by atoms with E-state index >= 15 is 0 Å². The molecule has 1 amide bonds. The maximum atomic E-state index is 13.0. The number of amides is 1. The summed E-state index contributed by atoms with van der Waals surface area (Å²) < 4.78 is 5.16. The lowest BCUT2D eigenvalue weighted by molar-refractivity contribution is 0.0680. The minimum atomic E-state index is -0.0573. The number of aromatic nitrogens is 2. The molecule has 3 rings (SSSR count). The molecule has 0 atom stereocenters. The van der Waals surface area contributed by atoms with Crippen molar-refractivity contribution in [2.24, 2.45) is 0 Å². The van der Waals surface area contributed by atoms with Crippen molar-refractivity contribution in [2.45, 2.75) is 6.54 Å². The molecule has 0 saturated heterocycles. The number of hydrogen-bond donors (Lipinski definition) is 1. The molecule has 1 aromatic heterocycles. The molecule has 0 spiro atoms. The Labute approximate surface area is 157 Å². The summed E-state index contributed by atoms with van der Waals surface area (Å²) in [7, 11) is 1.62. The number of carbonyl (C=O) groups is 1. The number of aromatic amines is 1. The minimum absolute atomic E-state index is 0.0573. The molecule has 0 unspecified atom stereocenters. The second kappa shape index (κ2) is 8.65. The van der Waals surface area contributed by atoms with Gasteiger partial charge in [0.05, 0.1) is 12.3 Å². The van der Waals surface area contributed by atoms with Crippen LogP contribution in [0.4, 0.5) is 0 Å². The summed E-state index contributed by atoms with van der Waals surface area (Å²) in [5, 5.41) is 7.51. The number of halogens is 1. The van der Waals surface area contributed by atoms with Gasteiger partial charge < -0.3 is 9.64 Å². The largest absolute Gasteiger partial charge is 0.383 e. The van der Waals surface area contributed by atoms with E-state index in [4.69, 9.17) is 16.3 Å². The molecule has 2 aromatic carbocycles. The van der Waals surface area contributed by atoms with E-state index in [1.54, 1.807) is 18.2 Å². The van der Waals surface area contributed by atoms with E-state index in [1.165, 1.54) is 0 Å². The molecule has 0 fully saturated rings. The van der Waals surface area contributed by atoms with Crippen LogP contribution in [0.25, 0.3) is 11.3 Å². The second-order valence-corrected chi connectivity index (χ2v) is 6.27. The van der Waals surface area contributed by atoms with Crippen molar-refractivity contribution in [3.05, 3.63) is 76.9 Å². The first-order valence-corrected chi connectivity index (χ1v) is 8.68. The van der Waals surface area contributed by atoms with Gasteiger partial charge in [0, 0.05) is 37.0 Å². The highest BCUT2D eigenvalue weighted by molar-refractivity contribution is 6.31. The highest BCUT2D eigenvalue weighted by atomic mass is 35.5. The molecule has 0 aliphatic rings. The van der Waals surface area contributed by atoms with Gasteiger partial charge in [0.25, 0.3) is 5.91 Å². The summed E-state index contributed by atoms with van der Waals surface area (Å²) in [6, 6.07) is 16.9. The van der Waals surface area contributed by atoms with Crippen molar-refractivity contribution in [1.82, 2.24) is 15.1 Å². The first-order chi connectivity index (χ1) is 12.7. The van der Waals surface area contributed by atoms with Crippen LogP contribution in [0.15, 0.2) is 60.8 Å². The normalized spacial score (nSPS) is 10.7. The van der Waals surface area contributed by atoms with E-state index in [0.717, 1.165) is 16.8 Å². The Bertz CT molecular complexity index is 848. The van der Waals surface area contributed by atoms with E-state index in [2.05, 4.69) is 10.2 Å². The molecular weight excluding hydrogens is 350 g/mol. The molecule has 26 heavy (non-hydrogen) atoms. The molecule has 3 aromatic rings. The zero-order valence-corrected chi connectivity index (χ0v) is 15.2. The molecule has 1 heterocycles. The number of nitrogens with one attached hydrogen (secondary N) is 1. The third kappa shape index (κ3) is 4.31. The van der Waals surface area contributed by atoms with Crippen LogP contribution in [0.3, 0.4) is 0 Å². The Morgan fingerprint density at radius 2 is 1.92 bits per heavy atom. The molecule has 1 N–H and O–H groups in total. The van der Waals surface area contributed by atoms with Crippen LogP contribution < -0.4 is 0 Å². The van der Waals surface area contributed by atoms with Crippen LogP contribution in [-0.2, 0) is 11.3 Å². The fraction of sp³-hybridized carbons (Fsp3) is 0.200. The molecule has 0 aliphatic carbocycles. The van der Waals surface area contributed by atoms with Gasteiger partial charge in [0.15, 0.2) is 0 Å². The second-order valence-electron chi connectivity index (χ2n) is 5.86. The van der Waals surface area contributed by atoms with Gasteiger partial charge in [-0.2, -0.15) is 5.10 Å². The predicted octanol–water partition coefficient (Wildman–Crippen LogP) is 4.02. The molecule has 0 saturated carbocycles. The van der Waals surface area contributed by atoms with Crippen LogP contribution in [0, 0.1) is 0 Å². The Kier molecular flexibility index (Phi) is 6.04. The Balaban J connectivity index is 1.79. The monoisotopic (exact) mass is 369 g/mol. The van der Waals surface area contributed by atoms with Crippen molar-refractivity contribution < 1.29 is 9.53 Å². The standard InChI is InChI=1S/C20H20ClN3O2/c1-26-13-12-24(14-17-4-2-3-5-18(17)21)20(25)16-8-6-15(7-9-16)19-10-11-22-23-19/h2-11H,12-14H2,1H3,(H,22,23). The third-order valence-electron chi connectivity index (χ3n) is 4.12. The van der Waals surface area contributed by atoms with Crippen LogP contribution in [0.2, 0.25) is 5.02 Å². The molecule has 0 aliphatic heterocycles. The fourth-order valence-electron chi connectivity index (χ4n) is 2.68. The van der Waals surface area contributed by atoms with Crippen molar-refractivity contribution in [3.8, 4) is 11.3 Å². The third-order valence-corrected chi connectivity index (χ3v) is 4.48. The number of benzene rings is 2. The van der Waals surface area contributed by atoms with E-state index in [1.807, 2.05) is 54.6 Å². The molecular formula is C20H20ClN3O2. The van der Waals surface area contributed by atoms with Gasteiger partial charge in [0.2, 0.25) is 0 Å².